The molecule has 0 atom stereocenters. The van der Waals surface area contributed by atoms with Crippen LogP contribution in [0.25, 0.3) is 0 Å². The summed E-state index contributed by atoms with van der Waals surface area (Å²) in [5.41, 5.74) is 8.02. The minimum absolute atomic E-state index is 0.163. The first-order valence-corrected chi connectivity index (χ1v) is 9.09. The molecule has 0 N–H and O–H groups in total. The first kappa shape index (κ1) is 17.5. The second kappa shape index (κ2) is 7.27. The van der Waals surface area contributed by atoms with Crippen molar-refractivity contribution >= 4 is 0 Å². The van der Waals surface area contributed by atoms with Crippen LogP contribution >= 0.6 is 0 Å². The third-order valence-electron chi connectivity index (χ3n) is 5.37. The molecule has 0 aliphatic carbocycles. The molecule has 0 heteroatoms. The maximum Gasteiger partial charge on any atom is 0.0459 e. The average Bonchev–Trinajstić information content (AvgIpc) is 2.62. The lowest BCUT2D eigenvalue weighted by atomic mass is 9.63. The zero-order valence-electron chi connectivity index (χ0n) is 15.5. The molecular formula is C25H27. The molecule has 3 aromatic carbocycles. The van der Waals surface area contributed by atoms with E-state index in [1.807, 2.05) is 0 Å². The molecule has 0 nitrogen and oxygen atoms in total. The van der Waals surface area contributed by atoms with Gasteiger partial charge in [0.05, 0.1) is 0 Å². The van der Waals surface area contributed by atoms with Gasteiger partial charge in [-0.15, -0.1) is 0 Å². The fourth-order valence-corrected chi connectivity index (χ4v) is 4.26. The molecule has 0 amide bonds. The Balaban J connectivity index is 2.44. The molecule has 0 saturated heterocycles. The van der Waals surface area contributed by atoms with Gasteiger partial charge in [-0.1, -0.05) is 86.1 Å². The van der Waals surface area contributed by atoms with Crippen LogP contribution in [0.2, 0.25) is 0 Å². The Hall–Kier alpha value is -2.34. The summed E-state index contributed by atoms with van der Waals surface area (Å²) in [5, 5.41) is 0. The van der Waals surface area contributed by atoms with Crippen LogP contribution in [0.3, 0.4) is 0 Å². The number of rotatable bonds is 5. The van der Waals surface area contributed by atoms with Gasteiger partial charge in [-0.25, -0.2) is 0 Å². The van der Waals surface area contributed by atoms with Crippen molar-refractivity contribution in [2.45, 2.75) is 39.0 Å². The van der Waals surface area contributed by atoms with Gasteiger partial charge >= 0.3 is 0 Å². The van der Waals surface area contributed by atoms with E-state index < -0.39 is 0 Å². The number of benzene rings is 3. The van der Waals surface area contributed by atoms with Crippen molar-refractivity contribution in [2.24, 2.45) is 0 Å². The fraction of sp³-hybridized carbons (Fsp3) is 0.240. The number of hydrogen-bond donors (Lipinski definition) is 0. The Labute approximate surface area is 152 Å². The minimum atomic E-state index is -0.163. The highest BCUT2D eigenvalue weighted by Gasteiger charge is 2.38. The van der Waals surface area contributed by atoms with Gasteiger partial charge in [0.1, 0.15) is 0 Å². The van der Waals surface area contributed by atoms with E-state index >= 15 is 0 Å². The minimum Gasteiger partial charge on any atom is -0.0620 e. The second-order valence-corrected chi connectivity index (χ2v) is 6.95. The molecule has 0 heterocycles. The van der Waals surface area contributed by atoms with E-state index in [2.05, 4.69) is 100 Å². The van der Waals surface area contributed by atoms with E-state index in [9.17, 15) is 0 Å². The Morgan fingerprint density at radius 2 is 0.920 bits per heavy atom. The van der Waals surface area contributed by atoms with Crippen molar-refractivity contribution in [1.82, 2.24) is 0 Å². The molecule has 0 bridgehead atoms. The van der Waals surface area contributed by atoms with Crippen LogP contribution in [-0.2, 0) is 5.41 Å². The molecule has 3 rings (SSSR count). The van der Waals surface area contributed by atoms with Crippen LogP contribution in [0.1, 0.15) is 46.2 Å². The zero-order valence-corrected chi connectivity index (χ0v) is 15.5. The molecule has 0 spiro atoms. The predicted octanol–water partition coefficient (Wildman–Crippen LogP) is 6.56. The molecule has 3 aromatic rings. The first-order valence-electron chi connectivity index (χ1n) is 9.09. The highest BCUT2D eigenvalue weighted by atomic mass is 14.4. The lowest BCUT2D eigenvalue weighted by molar-refractivity contribution is 0.555. The monoisotopic (exact) mass is 327 g/mol. The summed E-state index contributed by atoms with van der Waals surface area (Å²) in [6, 6.07) is 26.4. The molecule has 0 aliphatic rings. The normalized spacial score (nSPS) is 11.5. The predicted molar refractivity (Wildman–Crippen MR) is 108 cm³/mol. The van der Waals surface area contributed by atoms with Gasteiger partial charge < -0.3 is 0 Å². The first-order chi connectivity index (χ1) is 12.1. The van der Waals surface area contributed by atoms with Gasteiger partial charge in [-0.2, -0.15) is 0 Å². The van der Waals surface area contributed by atoms with Gasteiger partial charge in [0.25, 0.3) is 0 Å². The van der Waals surface area contributed by atoms with Gasteiger partial charge in [0.15, 0.2) is 0 Å². The third kappa shape index (κ3) is 3.02. The SMILES string of the molecule is [CH2]CCC(c1ccccc1C)(c1ccccc1C)c1ccccc1C. The molecule has 1 radical (unpaired) electrons. The Morgan fingerprint density at radius 3 is 1.20 bits per heavy atom. The highest BCUT2D eigenvalue weighted by molar-refractivity contribution is 5.56. The van der Waals surface area contributed by atoms with Gasteiger partial charge in [0.2, 0.25) is 0 Å². The van der Waals surface area contributed by atoms with E-state index in [1.165, 1.54) is 33.4 Å². The maximum atomic E-state index is 4.24. The molecule has 0 fully saturated rings. The van der Waals surface area contributed by atoms with Gasteiger partial charge in [-0.3, -0.25) is 0 Å². The molecule has 0 saturated carbocycles. The van der Waals surface area contributed by atoms with Gasteiger partial charge in [-0.05, 0) is 60.6 Å². The lowest BCUT2D eigenvalue weighted by Crippen LogP contribution is -2.32. The van der Waals surface area contributed by atoms with Crippen LogP contribution in [-0.4, -0.2) is 0 Å². The summed E-state index contributed by atoms with van der Waals surface area (Å²) in [4.78, 5) is 0. The van der Waals surface area contributed by atoms with Crippen LogP contribution in [0, 0.1) is 27.7 Å². The van der Waals surface area contributed by atoms with Crippen molar-refractivity contribution < 1.29 is 0 Å². The highest BCUT2D eigenvalue weighted by Crippen LogP contribution is 2.46. The average molecular weight is 327 g/mol. The summed E-state index contributed by atoms with van der Waals surface area (Å²) in [6.45, 7) is 10.9. The Morgan fingerprint density at radius 1 is 0.600 bits per heavy atom. The zero-order chi connectivity index (χ0) is 17.9. The molecule has 0 aliphatic heterocycles. The molecule has 0 aromatic heterocycles. The van der Waals surface area contributed by atoms with E-state index in [0.717, 1.165) is 12.8 Å². The van der Waals surface area contributed by atoms with Crippen LogP contribution in [0.4, 0.5) is 0 Å². The van der Waals surface area contributed by atoms with E-state index in [-0.39, 0.29) is 5.41 Å². The van der Waals surface area contributed by atoms with Crippen molar-refractivity contribution in [1.29, 1.82) is 0 Å². The fourth-order valence-electron chi connectivity index (χ4n) is 4.26. The Kier molecular flexibility index (Phi) is 5.08. The summed E-state index contributed by atoms with van der Waals surface area (Å²) in [6.07, 6.45) is 1.88. The van der Waals surface area contributed by atoms with Crippen LogP contribution < -0.4 is 0 Å². The van der Waals surface area contributed by atoms with Crippen molar-refractivity contribution in [2.75, 3.05) is 0 Å². The summed E-state index contributed by atoms with van der Waals surface area (Å²) in [7, 11) is 0. The summed E-state index contributed by atoms with van der Waals surface area (Å²) in [5.74, 6) is 0. The summed E-state index contributed by atoms with van der Waals surface area (Å²) < 4.78 is 0. The largest absolute Gasteiger partial charge is 0.0620 e. The van der Waals surface area contributed by atoms with Crippen LogP contribution in [0.15, 0.2) is 72.8 Å². The molecular weight excluding hydrogens is 300 g/mol. The smallest absolute Gasteiger partial charge is 0.0459 e. The van der Waals surface area contributed by atoms with Crippen molar-refractivity contribution in [3.63, 3.8) is 0 Å². The Bertz CT molecular complexity index is 746. The lowest BCUT2D eigenvalue weighted by Gasteiger charge is -2.39. The number of aryl methyl sites for hydroxylation is 3. The quantitative estimate of drug-likeness (QED) is 0.465. The number of hydrogen-bond acceptors (Lipinski definition) is 0. The van der Waals surface area contributed by atoms with Gasteiger partial charge in [0, 0.05) is 5.41 Å². The van der Waals surface area contributed by atoms with E-state index in [4.69, 9.17) is 0 Å². The second-order valence-electron chi connectivity index (χ2n) is 6.95. The van der Waals surface area contributed by atoms with E-state index in [0.29, 0.717) is 0 Å². The van der Waals surface area contributed by atoms with E-state index in [1.54, 1.807) is 0 Å². The molecule has 127 valence electrons. The van der Waals surface area contributed by atoms with Crippen molar-refractivity contribution in [3.8, 4) is 0 Å². The molecule has 25 heavy (non-hydrogen) atoms. The maximum absolute atomic E-state index is 4.24. The summed E-state index contributed by atoms with van der Waals surface area (Å²) >= 11 is 0. The topological polar surface area (TPSA) is 0 Å². The molecule has 0 unspecified atom stereocenters. The van der Waals surface area contributed by atoms with Crippen LogP contribution in [0.5, 0.6) is 0 Å². The van der Waals surface area contributed by atoms with Crippen molar-refractivity contribution in [3.05, 3.63) is 113 Å². The third-order valence-corrected chi connectivity index (χ3v) is 5.37. The standard InChI is InChI=1S/C25H27/c1-5-18-25(22-15-9-6-12-19(22)2,23-16-10-7-13-20(23)3)24-17-11-8-14-21(24)4/h6-17H,1,5,18H2,2-4H3.